The Bertz CT molecular complexity index is 766. The molecular formula is C12H8N4S2. The average molecular weight is 272 g/mol. The molecule has 0 bridgehead atoms. The van der Waals surface area contributed by atoms with Gasteiger partial charge in [0.1, 0.15) is 10.6 Å². The molecule has 0 saturated heterocycles. The second-order valence-electron chi connectivity index (χ2n) is 3.73. The van der Waals surface area contributed by atoms with Crippen LogP contribution in [0.1, 0.15) is 5.56 Å². The van der Waals surface area contributed by atoms with Crippen LogP contribution in [0.3, 0.4) is 0 Å². The zero-order valence-corrected chi connectivity index (χ0v) is 11.1. The number of nitrogen functional groups attached to an aromatic ring is 1. The van der Waals surface area contributed by atoms with Crippen molar-refractivity contribution in [3.63, 3.8) is 0 Å². The quantitative estimate of drug-likeness (QED) is 0.684. The van der Waals surface area contributed by atoms with Crippen molar-refractivity contribution in [3.8, 4) is 10.7 Å². The minimum Gasteiger partial charge on any atom is -0.383 e. The van der Waals surface area contributed by atoms with Gasteiger partial charge < -0.3 is 5.73 Å². The van der Waals surface area contributed by atoms with Gasteiger partial charge in [0.25, 0.3) is 0 Å². The Morgan fingerprint density at radius 2 is 2.22 bits per heavy atom. The van der Waals surface area contributed by atoms with Crippen molar-refractivity contribution >= 4 is 43.7 Å². The number of fused-ring (bicyclic) bond motifs is 1. The van der Waals surface area contributed by atoms with E-state index in [1.807, 2.05) is 24.4 Å². The molecule has 18 heavy (non-hydrogen) atoms. The zero-order valence-electron chi connectivity index (χ0n) is 9.47. The highest BCUT2D eigenvalue weighted by Crippen LogP contribution is 2.39. The molecular weight excluding hydrogens is 264 g/mol. The fourth-order valence-electron chi connectivity index (χ4n) is 1.78. The highest BCUT2D eigenvalue weighted by molar-refractivity contribution is 7.22. The third-order valence-corrected chi connectivity index (χ3v) is 4.58. The molecule has 0 fully saturated rings. The van der Waals surface area contributed by atoms with E-state index in [0.29, 0.717) is 16.6 Å². The normalized spacial score (nSPS) is 10.7. The predicted octanol–water partition coefficient (Wildman–Crippen LogP) is 3.86. The summed E-state index contributed by atoms with van der Waals surface area (Å²) >= 11 is 2.94. The molecule has 6 heteroatoms. The van der Waals surface area contributed by atoms with Gasteiger partial charge in [-0.3, -0.25) is 0 Å². The maximum Gasteiger partial charge on any atom is 0.246 e. The van der Waals surface area contributed by atoms with Crippen LogP contribution < -0.4 is 5.73 Å². The van der Waals surface area contributed by atoms with Crippen LogP contribution in [0.15, 0.2) is 17.5 Å². The lowest BCUT2D eigenvalue weighted by Gasteiger charge is -2.01. The van der Waals surface area contributed by atoms with Gasteiger partial charge in [-0.25, -0.2) is 14.8 Å². The van der Waals surface area contributed by atoms with E-state index in [1.165, 1.54) is 11.3 Å². The predicted molar refractivity (Wildman–Crippen MR) is 76.1 cm³/mol. The van der Waals surface area contributed by atoms with Gasteiger partial charge in [0.2, 0.25) is 5.00 Å². The SMILES string of the molecule is [C-]#[N+]c1sc2nc(-c3cccs3)nc(N)c2c1C. The van der Waals surface area contributed by atoms with Gasteiger partial charge in [-0.1, -0.05) is 6.07 Å². The lowest BCUT2D eigenvalue weighted by Crippen LogP contribution is -1.95. The summed E-state index contributed by atoms with van der Waals surface area (Å²) in [7, 11) is 0. The van der Waals surface area contributed by atoms with Crippen molar-refractivity contribution in [1.29, 1.82) is 0 Å². The average Bonchev–Trinajstić information content (AvgIpc) is 2.97. The highest BCUT2D eigenvalue weighted by atomic mass is 32.1. The Morgan fingerprint density at radius 3 is 2.89 bits per heavy atom. The monoisotopic (exact) mass is 272 g/mol. The minimum atomic E-state index is 0.451. The zero-order chi connectivity index (χ0) is 12.7. The van der Waals surface area contributed by atoms with Gasteiger partial charge in [-0.05, 0) is 23.9 Å². The molecule has 0 aromatic carbocycles. The number of anilines is 1. The minimum absolute atomic E-state index is 0.451. The number of hydrogen-bond donors (Lipinski definition) is 1. The molecule has 3 aromatic heterocycles. The number of aromatic nitrogens is 2. The number of aryl methyl sites for hydroxylation is 1. The lowest BCUT2D eigenvalue weighted by molar-refractivity contribution is 1.26. The van der Waals surface area contributed by atoms with Crippen molar-refractivity contribution in [1.82, 2.24) is 9.97 Å². The van der Waals surface area contributed by atoms with Crippen molar-refractivity contribution in [2.75, 3.05) is 5.73 Å². The highest BCUT2D eigenvalue weighted by Gasteiger charge is 2.15. The summed E-state index contributed by atoms with van der Waals surface area (Å²) in [6, 6.07) is 3.91. The van der Waals surface area contributed by atoms with Gasteiger partial charge in [0.15, 0.2) is 5.82 Å². The molecule has 3 rings (SSSR count). The molecule has 0 aliphatic heterocycles. The van der Waals surface area contributed by atoms with Crippen molar-refractivity contribution in [2.24, 2.45) is 0 Å². The van der Waals surface area contributed by atoms with E-state index in [0.717, 1.165) is 20.7 Å². The molecule has 0 aliphatic rings. The van der Waals surface area contributed by atoms with Crippen LogP contribution in [0.25, 0.3) is 25.8 Å². The Labute approximate surface area is 112 Å². The van der Waals surface area contributed by atoms with E-state index in [4.69, 9.17) is 12.3 Å². The summed E-state index contributed by atoms with van der Waals surface area (Å²) in [6.45, 7) is 9.01. The van der Waals surface area contributed by atoms with Crippen LogP contribution in [-0.2, 0) is 0 Å². The van der Waals surface area contributed by atoms with E-state index < -0.39 is 0 Å². The van der Waals surface area contributed by atoms with E-state index >= 15 is 0 Å². The van der Waals surface area contributed by atoms with E-state index in [2.05, 4.69) is 14.8 Å². The summed E-state index contributed by atoms with van der Waals surface area (Å²) in [5.41, 5.74) is 6.86. The fraction of sp³-hybridized carbons (Fsp3) is 0.0833. The third kappa shape index (κ3) is 1.56. The maximum atomic E-state index is 7.13. The molecule has 0 spiro atoms. The van der Waals surface area contributed by atoms with Gasteiger partial charge in [-0.15, -0.1) is 22.7 Å². The molecule has 2 N–H and O–H groups in total. The van der Waals surface area contributed by atoms with Crippen LogP contribution in [0.2, 0.25) is 0 Å². The number of nitrogens with zero attached hydrogens (tertiary/aromatic N) is 3. The largest absolute Gasteiger partial charge is 0.383 e. The molecule has 88 valence electrons. The Kier molecular flexibility index (Phi) is 2.51. The first-order valence-corrected chi connectivity index (χ1v) is 6.88. The molecule has 0 amide bonds. The molecule has 0 unspecified atom stereocenters. The molecule has 0 aliphatic carbocycles. The molecule has 4 nitrogen and oxygen atoms in total. The van der Waals surface area contributed by atoms with Crippen molar-refractivity contribution in [2.45, 2.75) is 6.92 Å². The van der Waals surface area contributed by atoms with Crippen LogP contribution >= 0.6 is 22.7 Å². The number of rotatable bonds is 1. The molecule has 0 saturated carbocycles. The topological polar surface area (TPSA) is 56.2 Å². The summed E-state index contributed by atoms with van der Waals surface area (Å²) in [5, 5.41) is 3.42. The molecule has 0 atom stereocenters. The van der Waals surface area contributed by atoms with Crippen LogP contribution in [0.5, 0.6) is 0 Å². The molecule has 3 heterocycles. The standard InChI is InChI=1S/C12H8N4S2/c1-6-8-9(13)15-10(7-4-3-5-17-7)16-12(8)18-11(6)14-2/h3-5H,1H3,(H2,13,15,16). The fourth-order valence-corrected chi connectivity index (χ4v) is 3.41. The van der Waals surface area contributed by atoms with E-state index in [9.17, 15) is 0 Å². The summed E-state index contributed by atoms with van der Waals surface area (Å²) in [6.07, 6.45) is 0. The van der Waals surface area contributed by atoms with Gasteiger partial charge in [0.05, 0.1) is 11.4 Å². The summed E-state index contributed by atoms with van der Waals surface area (Å²) < 4.78 is 0. The van der Waals surface area contributed by atoms with E-state index in [1.54, 1.807) is 11.3 Å². The summed E-state index contributed by atoms with van der Waals surface area (Å²) in [5.74, 6) is 1.08. The number of thiophene rings is 2. The van der Waals surface area contributed by atoms with Gasteiger partial charge >= 0.3 is 0 Å². The number of hydrogen-bond acceptors (Lipinski definition) is 5. The van der Waals surface area contributed by atoms with Gasteiger partial charge in [-0.2, -0.15) is 0 Å². The Hall–Kier alpha value is -1.97. The van der Waals surface area contributed by atoms with Crippen LogP contribution in [-0.4, -0.2) is 9.97 Å². The second-order valence-corrected chi connectivity index (χ2v) is 5.66. The lowest BCUT2D eigenvalue weighted by atomic mass is 10.2. The first-order valence-electron chi connectivity index (χ1n) is 5.18. The maximum absolute atomic E-state index is 7.13. The molecule has 3 aromatic rings. The Balaban J connectivity index is 2.32. The van der Waals surface area contributed by atoms with Crippen LogP contribution in [0.4, 0.5) is 10.8 Å². The number of nitrogens with two attached hydrogens (primary N) is 1. The van der Waals surface area contributed by atoms with Crippen molar-refractivity contribution < 1.29 is 0 Å². The Morgan fingerprint density at radius 1 is 1.39 bits per heavy atom. The third-order valence-electron chi connectivity index (χ3n) is 2.64. The first kappa shape index (κ1) is 11.1. The molecule has 0 radical (unpaired) electrons. The van der Waals surface area contributed by atoms with Crippen LogP contribution in [0, 0.1) is 13.5 Å². The van der Waals surface area contributed by atoms with Gasteiger partial charge in [0, 0.05) is 5.39 Å². The van der Waals surface area contributed by atoms with E-state index in [-0.39, 0.29) is 0 Å². The first-order chi connectivity index (χ1) is 8.70. The van der Waals surface area contributed by atoms with Crippen molar-refractivity contribution in [3.05, 3.63) is 34.5 Å². The smallest absolute Gasteiger partial charge is 0.246 e. The second kappa shape index (κ2) is 4.05. The summed E-state index contributed by atoms with van der Waals surface area (Å²) in [4.78, 5) is 14.1.